The summed E-state index contributed by atoms with van der Waals surface area (Å²) in [5.74, 6) is -1.85. The highest BCUT2D eigenvalue weighted by Gasteiger charge is 2.40. The van der Waals surface area contributed by atoms with Crippen molar-refractivity contribution in [2.75, 3.05) is 11.1 Å². The molecule has 2 aliphatic carbocycles. The number of hydrogen-bond acceptors (Lipinski definition) is 15. The summed E-state index contributed by atoms with van der Waals surface area (Å²) in [5, 5.41) is 29.2. The molecule has 0 unspecified atom stereocenters. The van der Waals surface area contributed by atoms with Crippen molar-refractivity contribution in [3.63, 3.8) is 0 Å². The summed E-state index contributed by atoms with van der Waals surface area (Å²) in [6.45, 7) is 2.01. The minimum Gasteiger partial charge on any atom is -0.477 e. The second-order valence-corrected chi connectivity index (χ2v) is 17.2. The fraction of sp³-hybridized carbons (Fsp3) is 0.300. The Hall–Kier alpha value is -7.56. The minimum atomic E-state index is -4.49. The molecule has 0 spiro atoms. The Kier molecular flexibility index (Phi) is 13.3. The first kappa shape index (κ1) is 47.9. The molecule has 10 rings (SSSR count). The Balaban J connectivity index is 0.000000154. The maximum Gasteiger partial charge on any atom is 0.408 e. The predicted octanol–water partition coefficient (Wildman–Crippen LogP) is 8.46. The van der Waals surface area contributed by atoms with Gasteiger partial charge >= 0.3 is 18.3 Å². The third-order valence-electron chi connectivity index (χ3n) is 10.5. The summed E-state index contributed by atoms with van der Waals surface area (Å²) >= 11 is 2.11. The molecule has 8 aromatic heterocycles. The lowest BCUT2D eigenvalue weighted by Gasteiger charge is -2.17. The second-order valence-electron chi connectivity index (χ2n) is 15.4. The quantitative estimate of drug-likeness (QED) is 0.103. The molecule has 0 radical (unpaired) electrons. The number of nitrogen functional groups attached to an aromatic ring is 1. The Morgan fingerprint density at radius 1 is 0.710 bits per heavy atom. The van der Waals surface area contributed by atoms with E-state index < -0.39 is 47.9 Å². The summed E-state index contributed by atoms with van der Waals surface area (Å²) in [6.07, 6.45) is 5.76. The SMILES string of the molecule is C[C@H](n1cnnc1-c1nc(N)cs1)C(F)(F)F.C[C@H](n1cnnc1-c1nc(NC(=O)c2cc(-n3cnc(C4CC4)c3)c(F)cn2)cs1)C(F)(F)F.O=C(O)c1cc(-n2cnc(C3CC3)c2)c(F)cn1. The molecule has 8 aromatic rings. The number of rotatable bonds is 11. The van der Waals surface area contributed by atoms with Crippen LogP contribution >= 0.6 is 22.7 Å². The number of pyridine rings is 2. The number of amides is 1. The number of halogens is 8. The van der Waals surface area contributed by atoms with Crippen LogP contribution in [-0.4, -0.2) is 97.9 Å². The van der Waals surface area contributed by atoms with E-state index in [0.717, 1.165) is 108 Å². The molecular formula is C40H34F8N16O3S2. The summed E-state index contributed by atoms with van der Waals surface area (Å²) in [7, 11) is 0. The molecule has 0 saturated heterocycles. The highest BCUT2D eigenvalue weighted by Crippen LogP contribution is 2.40. The van der Waals surface area contributed by atoms with Gasteiger partial charge in [0.2, 0.25) is 0 Å². The number of nitrogens with one attached hydrogen (secondary N) is 1. The van der Waals surface area contributed by atoms with Gasteiger partial charge in [0.15, 0.2) is 33.3 Å². The molecule has 69 heavy (non-hydrogen) atoms. The van der Waals surface area contributed by atoms with E-state index in [4.69, 9.17) is 10.8 Å². The van der Waals surface area contributed by atoms with E-state index in [1.54, 1.807) is 12.4 Å². The first-order chi connectivity index (χ1) is 32.7. The molecular weight excluding hydrogens is 969 g/mol. The lowest BCUT2D eigenvalue weighted by atomic mass is 10.3. The summed E-state index contributed by atoms with van der Waals surface area (Å²) in [6, 6.07) is -1.07. The molecule has 29 heteroatoms. The van der Waals surface area contributed by atoms with E-state index in [0.29, 0.717) is 16.8 Å². The van der Waals surface area contributed by atoms with Gasteiger partial charge in [0.05, 0.1) is 47.8 Å². The zero-order chi connectivity index (χ0) is 49.4. The molecule has 0 bridgehead atoms. The van der Waals surface area contributed by atoms with Crippen molar-refractivity contribution in [1.29, 1.82) is 0 Å². The lowest BCUT2D eigenvalue weighted by Crippen LogP contribution is -2.23. The van der Waals surface area contributed by atoms with Crippen molar-refractivity contribution in [2.45, 2.75) is 75.8 Å². The number of imidazole rings is 2. The van der Waals surface area contributed by atoms with E-state index in [-0.39, 0.29) is 51.1 Å². The predicted molar refractivity (Wildman–Crippen MR) is 230 cm³/mol. The van der Waals surface area contributed by atoms with Crippen molar-refractivity contribution in [1.82, 2.24) is 68.6 Å². The maximum absolute atomic E-state index is 14.4. The third kappa shape index (κ3) is 11.1. The number of carboxylic acid groups (broad SMARTS) is 1. The largest absolute Gasteiger partial charge is 0.477 e. The topological polar surface area (TPSA) is 241 Å². The Labute approximate surface area is 390 Å². The molecule has 2 atom stereocenters. The van der Waals surface area contributed by atoms with Gasteiger partial charge in [-0.25, -0.2) is 43.5 Å². The van der Waals surface area contributed by atoms with Crippen LogP contribution in [0.2, 0.25) is 0 Å². The normalized spacial score (nSPS) is 14.6. The molecule has 19 nitrogen and oxygen atoms in total. The number of nitrogens with zero attached hydrogens (tertiary/aromatic N) is 14. The van der Waals surface area contributed by atoms with Gasteiger partial charge in [0, 0.05) is 35.0 Å². The fourth-order valence-corrected chi connectivity index (χ4v) is 7.72. The number of nitrogens with two attached hydrogens (primary N) is 1. The van der Waals surface area contributed by atoms with E-state index in [1.165, 1.54) is 44.7 Å². The van der Waals surface area contributed by atoms with Crippen LogP contribution in [0.4, 0.5) is 46.8 Å². The van der Waals surface area contributed by atoms with Crippen molar-refractivity contribution in [2.24, 2.45) is 0 Å². The van der Waals surface area contributed by atoms with Crippen LogP contribution < -0.4 is 11.1 Å². The van der Waals surface area contributed by atoms with Gasteiger partial charge in [-0.15, -0.1) is 43.1 Å². The van der Waals surface area contributed by atoms with Crippen LogP contribution in [-0.2, 0) is 0 Å². The van der Waals surface area contributed by atoms with Crippen LogP contribution in [0.5, 0.6) is 0 Å². The molecule has 4 N–H and O–H groups in total. The first-order valence-electron chi connectivity index (χ1n) is 20.3. The van der Waals surface area contributed by atoms with Crippen LogP contribution in [0.15, 0.2) is 73.0 Å². The second kappa shape index (κ2) is 19.2. The van der Waals surface area contributed by atoms with E-state index in [2.05, 4.69) is 55.6 Å². The molecule has 2 saturated carbocycles. The van der Waals surface area contributed by atoms with Crippen LogP contribution in [0.25, 0.3) is 33.0 Å². The number of carbonyl (C=O) groups is 2. The van der Waals surface area contributed by atoms with Gasteiger partial charge in [-0.2, -0.15) is 26.3 Å². The number of carboxylic acids is 1. The fourth-order valence-electron chi connectivity index (χ4n) is 6.29. The molecule has 360 valence electrons. The zero-order valence-electron chi connectivity index (χ0n) is 35.5. The van der Waals surface area contributed by atoms with Gasteiger partial charge in [0.25, 0.3) is 5.91 Å². The average molecular weight is 1000 g/mol. The first-order valence-corrected chi connectivity index (χ1v) is 22.0. The highest BCUT2D eigenvalue weighted by atomic mass is 32.1. The van der Waals surface area contributed by atoms with Gasteiger partial charge in [-0.1, -0.05) is 0 Å². The third-order valence-corrected chi connectivity index (χ3v) is 12.1. The van der Waals surface area contributed by atoms with Gasteiger partial charge in [-0.05, 0) is 51.7 Å². The Morgan fingerprint density at radius 2 is 1.17 bits per heavy atom. The lowest BCUT2D eigenvalue weighted by molar-refractivity contribution is -0.163. The number of alkyl halides is 6. The van der Waals surface area contributed by atoms with Crippen molar-refractivity contribution in [3.05, 3.63) is 107 Å². The standard InChI is InChI=1S/C20H16F4N8OS.C12H10FN3O2.C8H8F3N5S/c1-10(20(22,23)24)32-9-27-30-17(32)19-29-16(7-34-19)28-18(33)13-4-15(12(21)5-25-13)31-6-14(26-8-31)11-2-3-11;13-8-4-14-9(12(17)18)3-11(8)16-5-10(15-6-16)7-1-2-7;1-4(8(9,10)11)16-3-13-15-6(16)7-14-5(12)2-17-7/h4-11H,2-3H2,1H3,(H,28,33);3-7H,1-2H2,(H,17,18);2-4H,12H2,1H3/t10-;;4-/m0.0/s1. The van der Waals surface area contributed by atoms with Crippen molar-refractivity contribution >= 4 is 46.2 Å². The molecule has 8 heterocycles. The average Bonchev–Trinajstić information content (AvgIpc) is 3.79. The summed E-state index contributed by atoms with van der Waals surface area (Å²) in [4.78, 5) is 47.4. The number of hydrogen-bond donors (Lipinski definition) is 3. The van der Waals surface area contributed by atoms with E-state index in [1.807, 2.05) is 0 Å². The van der Waals surface area contributed by atoms with Gasteiger partial charge in [-0.3, -0.25) is 13.9 Å². The number of anilines is 2. The van der Waals surface area contributed by atoms with E-state index >= 15 is 0 Å². The highest BCUT2D eigenvalue weighted by molar-refractivity contribution is 7.13. The van der Waals surface area contributed by atoms with Crippen LogP contribution in [0.3, 0.4) is 0 Å². The number of aromatic nitrogens is 14. The Bertz CT molecular complexity index is 3110. The van der Waals surface area contributed by atoms with E-state index in [9.17, 15) is 44.7 Å². The number of thiazole rings is 2. The molecule has 0 aromatic carbocycles. The zero-order valence-corrected chi connectivity index (χ0v) is 37.1. The smallest absolute Gasteiger partial charge is 0.408 e. The Morgan fingerprint density at radius 3 is 1.62 bits per heavy atom. The van der Waals surface area contributed by atoms with Crippen molar-refractivity contribution in [3.8, 4) is 33.0 Å². The molecule has 0 aliphatic heterocycles. The maximum atomic E-state index is 14.4. The van der Waals surface area contributed by atoms with Gasteiger partial charge < -0.3 is 25.3 Å². The minimum absolute atomic E-state index is 0.0662. The van der Waals surface area contributed by atoms with Gasteiger partial charge in [0.1, 0.15) is 47.8 Å². The number of carbonyl (C=O) groups excluding carboxylic acids is 1. The molecule has 2 aliphatic rings. The summed E-state index contributed by atoms with van der Waals surface area (Å²) < 4.78 is 110. The number of aromatic carboxylic acids is 1. The molecule has 2 fully saturated rings. The molecule has 1 amide bonds. The van der Waals surface area contributed by atoms with Crippen LogP contribution in [0.1, 0.15) is 95.8 Å². The summed E-state index contributed by atoms with van der Waals surface area (Å²) in [5.41, 5.74) is 7.22. The van der Waals surface area contributed by atoms with Crippen LogP contribution in [0, 0.1) is 11.6 Å². The van der Waals surface area contributed by atoms with Crippen molar-refractivity contribution < 1.29 is 49.8 Å². The monoisotopic (exact) mass is 1000 g/mol.